The molecule has 0 N–H and O–H groups in total. The van der Waals surface area contributed by atoms with Crippen LogP contribution in [0, 0.1) is 5.92 Å². The van der Waals surface area contributed by atoms with E-state index in [-0.39, 0.29) is 18.2 Å². The molecule has 0 amide bonds. The first-order valence-electron chi connectivity index (χ1n) is 9.50. The molecule has 30 heavy (non-hydrogen) atoms. The number of rotatable bonds is 4. The number of hydrogen-bond acceptors (Lipinski definition) is 6. The normalized spacial score (nSPS) is 18.4. The molecule has 0 radical (unpaired) electrons. The van der Waals surface area contributed by atoms with Crippen LogP contribution in [0.5, 0.6) is 0 Å². The van der Waals surface area contributed by atoms with Gasteiger partial charge in [0.15, 0.2) is 5.69 Å². The van der Waals surface area contributed by atoms with Gasteiger partial charge in [-0.3, -0.25) is 4.79 Å². The van der Waals surface area contributed by atoms with E-state index in [1.807, 2.05) is 0 Å². The van der Waals surface area contributed by atoms with Crippen molar-refractivity contribution < 1.29 is 19.1 Å². The molecule has 160 valence electrons. The second kappa shape index (κ2) is 8.40. The number of aliphatic imine (C=N–C) groups is 1. The van der Waals surface area contributed by atoms with Gasteiger partial charge in [-0.05, 0) is 52.3 Å². The molecule has 0 spiro atoms. The lowest BCUT2D eigenvalue weighted by Gasteiger charge is -2.33. The third kappa shape index (κ3) is 4.52. The van der Waals surface area contributed by atoms with Crippen LogP contribution in [0.1, 0.15) is 56.7 Å². The Balaban J connectivity index is 2.16. The summed E-state index contributed by atoms with van der Waals surface area (Å²) < 4.78 is 12.4. The SMILES string of the molecule is CCOC(=O)c1cn2c(n1)N=C(C)C(C(=O)OC(C)(C)C)C2c1ccc(Cl)cc1Cl. The Morgan fingerprint density at radius 1 is 1.23 bits per heavy atom. The molecule has 0 bridgehead atoms. The predicted octanol–water partition coefficient (Wildman–Crippen LogP) is 5.02. The first-order valence-corrected chi connectivity index (χ1v) is 10.3. The van der Waals surface area contributed by atoms with Crippen molar-refractivity contribution in [3.05, 3.63) is 45.7 Å². The van der Waals surface area contributed by atoms with Crippen LogP contribution in [-0.2, 0) is 14.3 Å². The number of imidazole rings is 1. The number of aromatic nitrogens is 2. The van der Waals surface area contributed by atoms with E-state index in [2.05, 4.69) is 9.98 Å². The summed E-state index contributed by atoms with van der Waals surface area (Å²) in [6.07, 6.45) is 1.52. The summed E-state index contributed by atoms with van der Waals surface area (Å²) in [6.45, 7) is 9.05. The van der Waals surface area contributed by atoms with Gasteiger partial charge >= 0.3 is 11.9 Å². The Labute approximate surface area is 185 Å². The molecule has 2 aromatic rings. The maximum Gasteiger partial charge on any atom is 0.358 e. The highest BCUT2D eigenvalue weighted by atomic mass is 35.5. The second-order valence-electron chi connectivity index (χ2n) is 7.93. The van der Waals surface area contributed by atoms with Crippen molar-refractivity contribution in [3.8, 4) is 0 Å². The summed E-state index contributed by atoms with van der Waals surface area (Å²) in [4.78, 5) is 34.1. The molecule has 0 saturated carbocycles. The molecule has 0 fully saturated rings. The van der Waals surface area contributed by atoms with Gasteiger partial charge in [-0.15, -0.1) is 0 Å². The lowest BCUT2D eigenvalue weighted by molar-refractivity contribution is -0.158. The topological polar surface area (TPSA) is 82.8 Å². The minimum Gasteiger partial charge on any atom is -0.461 e. The summed E-state index contributed by atoms with van der Waals surface area (Å²) in [5, 5.41) is 0.852. The zero-order chi connectivity index (χ0) is 22.2. The molecule has 0 aliphatic carbocycles. The highest BCUT2D eigenvalue weighted by Crippen LogP contribution is 2.41. The van der Waals surface area contributed by atoms with E-state index in [1.54, 1.807) is 57.4 Å². The number of halogens is 2. The number of esters is 2. The van der Waals surface area contributed by atoms with Crippen LogP contribution in [0.3, 0.4) is 0 Å². The molecule has 2 heterocycles. The van der Waals surface area contributed by atoms with Crippen LogP contribution >= 0.6 is 23.2 Å². The average Bonchev–Trinajstić information content (AvgIpc) is 3.03. The van der Waals surface area contributed by atoms with Crippen LogP contribution in [0.15, 0.2) is 29.4 Å². The van der Waals surface area contributed by atoms with E-state index in [9.17, 15) is 9.59 Å². The van der Waals surface area contributed by atoms with Crippen molar-refractivity contribution in [1.29, 1.82) is 0 Å². The lowest BCUT2D eigenvalue weighted by atomic mass is 9.88. The predicted molar refractivity (Wildman–Crippen MR) is 115 cm³/mol. The lowest BCUT2D eigenvalue weighted by Crippen LogP contribution is -2.39. The monoisotopic (exact) mass is 451 g/mol. The number of benzene rings is 1. The van der Waals surface area contributed by atoms with Gasteiger partial charge in [0.25, 0.3) is 0 Å². The van der Waals surface area contributed by atoms with Gasteiger partial charge in [0, 0.05) is 22.0 Å². The first-order chi connectivity index (χ1) is 14.0. The largest absolute Gasteiger partial charge is 0.461 e. The van der Waals surface area contributed by atoms with Crippen molar-refractivity contribution >= 4 is 46.8 Å². The maximum atomic E-state index is 13.1. The molecule has 9 heteroatoms. The van der Waals surface area contributed by atoms with Crippen molar-refractivity contribution in [3.63, 3.8) is 0 Å². The molecule has 3 rings (SSSR count). The number of carbonyl (C=O) groups is 2. The van der Waals surface area contributed by atoms with Crippen molar-refractivity contribution in [2.24, 2.45) is 10.9 Å². The van der Waals surface area contributed by atoms with Gasteiger partial charge in [0.1, 0.15) is 11.5 Å². The Hall–Kier alpha value is -2.38. The summed E-state index contributed by atoms with van der Waals surface area (Å²) >= 11 is 12.6. The molecule has 1 aromatic heterocycles. The average molecular weight is 452 g/mol. The van der Waals surface area contributed by atoms with Crippen LogP contribution in [0.4, 0.5) is 5.95 Å². The Morgan fingerprint density at radius 3 is 2.53 bits per heavy atom. The minimum absolute atomic E-state index is 0.100. The van der Waals surface area contributed by atoms with Gasteiger partial charge in [-0.25, -0.2) is 14.8 Å². The van der Waals surface area contributed by atoms with E-state index in [1.165, 1.54) is 6.20 Å². The van der Waals surface area contributed by atoms with Gasteiger partial charge < -0.3 is 14.0 Å². The summed E-state index contributed by atoms with van der Waals surface area (Å²) in [7, 11) is 0. The number of ether oxygens (including phenoxy) is 2. The molecule has 1 aliphatic rings. The summed E-state index contributed by atoms with van der Waals surface area (Å²) in [5.74, 6) is -1.50. The van der Waals surface area contributed by atoms with Crippen LogP contribution < -0.4 is 0 Å². The molecule has 0 saturated heterocycles. The number of hydrogen-bond donors (Lipinski definition) is 0. The van der Waals surface area contributed by atoms with Crippen molar-refractivity contribution in [2.45, 2.75) is 46.3 Å². The Kier molecular flexibility index (Phi) is 6.24. The van der Waals surface area contributed by atoms with E-state index in [0.29, 0.717) is 21.3 Å². The smallest absolute Gasteiger partial charge is 0.358 e. The van der Waals surface area contributed by atoms with Crippen molar-refractivity contribution in [2.75, 3.05) is 6.61 Å². The van der Waals surface area contributed by atoms with E-state index >= 15 is 0 Å². The minimum atomic E-state index is -0.764. The molecule has 2 atom stereocenters. The Morgan fingerprint density at radius 2 is 1.93 bits per heavy atom. The zero-order valence-electron chi connectivity index (χ0n) is 17.4. The highest BCUT2D eigenvalue weighted by molar-refractivity contribution is 6.35. The highest BCUT2D eigenvalue weighted by Gasteiger charge is 2.41. The van der Waals surface area contributed by atoms with Gasteiger partial charge in [0.05, 0.1) is 12.6 Å². The van der Waals surface area contributed by atoms with Gasteiger partial charge in [-0.2, -0.15) is 0 Å². The number of nitrogens with zero attached hydrogens (tertiary/aromatic N) is 3. The zero-order valence-corrected chi connectivity index (χ0v) is 18.9. The second-order valence-corrected chi connectivity index (χ2v) is 8.77. The molecular weight excluding hydrogens is 429 g/mol. The van der Waals surface area contributed by atoms with Crippen molar-refractivity contribution in [1.82, 2.24) is 9.55 Å². The quantitative estimate of drug-likeness (QED) is 0.609. The summed E-state index contributed by atoms with van der Waals surface area (Å²) in [5.41, 5.74) is 0.564. The fourth-order valence-electron chi connectivity index (χ4n) is 3.33. The molecule has 7 nitrogen and oxygen atoms in total. The third-order valence-corrected chi connectivity index (χ3v) is 5.04. The Bertz CT molecular complexity index is 1020. The third-order valence-electron chi connectivity index (χ3n) is 4.48. The van der Waals surface area contributed by atoms with Gasteiger partial charge in [-0.1, -0.05) is 29.3 Å². The van der Waals surface area contributed by atoms with E-state index < -0.39 is 29.5 Å². The van der Waals surface area contributed by atoms with Gasteiger partial charge in [0.2, 0.25) is 5.95 Å². The maximum absolute atomic E-state index is 13.1. The van der Waals surface area contributed by atoms with Crippen LogP contribution in [0.2, 0.25) is 10.0 Å². The number of carbonyl (C=O) groups excluding carboxylic acids is 2. The molecule has 2 unspecified atom stereocenters. The molecule has 1 aromatic carbocycles. The summed E-state index contributed by atoms with van der Waals surface area (Å²) in [6, 6.07) is 4.43. The van der Waals surface area contributed by atoms with E-state index in [4.69, 9.17) is 32.7 Å². The first kappa shape index (κ1) is 22.3. The van der Waals surface area contributed by atoms with Crippen LogP contribution in [0.25, 0.3) is 0 Å². The van der Waals surface area contributed by atoms with Crippen LogP contribution in [-0.4, -0.2) is 39.4 Å². The molecule has 1 aliphatic heterocycles. The molecular formula is C21H23Cl2N3O4. The number of fused-ring (bicyclic) bond motifs is 1. The fraction of sp³-hybridized carbons (Fsp3) is 0.429. The fourth-order valence-corrected chi connectivity index (χ4v) is 3.85. The van der Waals surface area contributed by atoms with E-state index in [0.717, 1.165) is 0 Å². The standard InChI is InChI=1S/C21H23Cl2N3O4/c1-6-29-18(27)15-10-26-17(13-8-7-12(22)9-14(13)23)16(11(2)24-20(26)25-15)19(28)30-21(3,4)5/h7-10,16-17H,6H2,1-5H3.